The molecule has 82 valence electrons. The maximum atomic E-state index is 12.0. The van der Waals surface area contributed by atoms with E-state index in [1.807, 2.05) is 40.8 Å². The first kappa shape index (κ1) is 11.3. The van der Waals surface area contributed by atoms with Gasteiger partial charge in [0.25, 0.3) is 5.91 Å². The van der Waals surface area contributed by atoms with Gasteiger partial charge in [0.1, 0.15) is 0 Å². The number of rotatable bonds is 1. The van der Waals surface area contributed by atoms with Gasteiger partial charge >= 0.3 is 0 Å². The molecular formula is C12H10INO2. The zero-order chi connectivity index (χ0) is 11.5. The van der Waals surface area contributed by atoms with Gasteiger partial charge < -0.3 is 4.90 Å². The maximum absolute atomic E-state index is 12.0. The molecule has 0 saturated carbocycles. The van der Waals surface area contributed by atoms with E-state index in [0.29, 0.717) is 22.1 Å². The fourth-order valence-corrected chi connectivity index (χ4v) is 2.13. The monoisotopic (exact) mass is 327 g/mol. The minimum Gasteiger partial charge on any atom is -0.313 e. The highest BCUT2D eigenvalue weighted by Gasteiger charge is 2.21. The van der Waals surface area contributed by atoms with Crippen LogP contribution in [0.4, 0.5) is 0 Å². The summed E-state index contributed by atoms with van der Waals surface area (Å²) in [6.45, 7) is 0.471. The first-order valence-corrected chi connectivity index (χ1v) is 6.03. The number of nitrogens with zero attached hydrogens (tertiary/aromatic N) is 1. The summed E-state index contributed by atoms with van der Waals surface area (Å²) in [6.07, 6.45) is 2.04. The van der Waals surface area contributed by atoms with Gasteiger partial charge in [-0.15, -0.1) is 0 Å². The molecule has 16 heavy (non-hydrogen) atoms. The Labute approximate surface area is 107 Å². The van der Waals surface area contributed by atoms with Crippen molar-refractivity contribution in [1.29, 1.82) is 0 Å². The van der Waals surface area contributed by atoms with Crippen molar-refractivity contribution in [1.82, 2.24) is 4.90 Å². The van der Waals surface area contributed by atoms with Crippen molar-refractivity contribution in [3.63, 3.8) is 0 Å². The molecule has 1 amide bonds. The average Bonchev–Trinajstić information content (AvgIpc) is 2.33. The third kappa shape index (κ3) is 2.32. The summed E-state index contributed by atoms with van der Waals surface area (Å²) in [5.74, 6) is 0.0555. The van der Waals surface area contributed by atoms with Crippen molar-refractivity contribution in [2.24, 2.45) is 0 Å². The van der Waals surface area contributed by atoms with Gasteiger partial charge in [0.15, 0.2) is 5.78 Å². The van der Waals surface area contributed by atoms with Crippen LogP contribution in [0.1, 0.15) is 16.8 Å². The molecule has 0 aromatic heterocycles. The van der Waals surface area contributed by atoms with Gasteiger partial charge in [0.05, 0.1) is 3.58 Å². The average molecular weight is 327 g/mol. The molecule has 0 unspecified atom stereocenters. The van der Waals surface area contributed by atoms with Gasteiger partial charge in [-0.1, -0.05) is 18.2 Å². The van der Waals surface area contributed by atoms with Crippen molar-refractivity contribution in [3.05, 3.63) is 45.7 Å². The quantitative estimate of drug-likeness (QED) is 0.743. The van der Waals surface area contributed by atoms with E-state index in [4.69, 9.17) is 0 Å². The lowest BCUT2D eigenvalue weighted by Gasteiger charge is -2.22. The number of benzene rings is 1. The SMILES string of the molecule is O=C1CCN(C(=O)c2ccccc2)C=C1I. The number of halogens is 1. The van der Waals surface area contributed by atoms with Crippen LogP contribution in [-0.4, -0.2) is 23.1 Å². The van der Waals surface area contributed by atoms with Gasteiger partial charge in [0.2, 0.25) is 0 Å². The van der Waals surface area contributed by atoms with E-state index >= 15 is 0 Å². The molecule has 0 fully saturated rings. The predicted molar refractivity (Wildman–Crippen MR) is 69.2 cm³/mol. The standard InChI is InChI=1S/C12H10INO2/c13-10-8-14(7-6-11(10)15)12(16)9-4-2-1-3-5-9/h1-5,8H,6-7H2. The molecule has 0 spiro atoms. The van der Waals surface area contributed by atoms with Crippen LogP contribution >= 0.6 is 22.6 Å². The highest BCUT2D eigenvalue weighted by atomic mass is 127. The molecule has 0 radical (unpaired) electrons. The van der Waals surface area contributed by atoms with E-state index in [0.717, 1.165) is 0 Å². The van der Waals surface area contributed by atoms with Crippen LogP contribution < -0.4 is 0 Å². The van der Waals surface area contributed by atoms with E-state index in [-0.39, 0.29) is 11.7 Å². The number of Topliss-reactive ketones (excluding diaryl/α,β-unsaturated/α-hetero) is 1. The number of amides is 1. The molecule has 0 atom stereocenters. The molecule has 1 aromatic rings. The van der Waals surface area contributed by atoms with Crippen molar-refractivity contribution in [2.45, 2.75) is 6.42 Å². The molecule has 1 heterocycles. The molecule has 0 saturated heterocycles. The van der Waals surface area contributed by atoms with Crippen molar-refractivity contribution < 1.29 is 9.59 Å². The van der Waals surface area contributed by atoms with E-state index < -0.39 is 0 Å². The van der Waals surface area contributed by atoms with Crippen molar-refractivity contribution in [3.8, 4) is 0 Å². The maximum Gasteiger partial charge on any atom is 0.257 e. The van der Waals surface area contributed by atoms with Crippen molar-refractivity contribution >= 4 is 34.3 Å². The fraction of sp³-hybridized carbons (Fsp3) is 0.167. The number of allylic oxidation sites excluding steroid dienone is 1. The number of hydrogen-bond donors (Lipinski definition) is 0. The van der Waals surface area contributed by atoms with E-state index in [1.54, 1.807) is 23.2 Å². The van der Waals surface area contributed by atoms with Crippen LogP contribution in [0.3, 0.4) is 0 Å². The number of carbonyl (C=O) groups is 2. The first-order chi connectivity index (χ1) is 7.68. The summed E-state index contributed by atoms with van der Waals surface area (Å²) in [4.78, 5) is 24.9. The van der Waals surface area contributed by atoms with Crippen LogP contribution in [0.2, 0.25) is 0 Å². The van der Waals surface area contributed by atoms with Crippen LogP contribution in [0.5, 0.6) is 0 Å². The van der Waals surface area contributed by atoms with E-state index in [2.05, 4.69) is 0 Å². The van der Waals surface area contributed by atoms with Crippen molar-refractivity contribution in [2.75, 3.05) is 6.54 Å². The zero-order valence-electron chi connectivity index (χ0n) is 8.52. The molecule has 3 nitrogen and oxygen atoms in total. The van der Waals surface area contributed by atoms with Gasteiger partial charge in [0, 0.05) is 24.7 Å². The van der Waals surface area contributed by atoms with Gasteiger partial charge in [-0.25, -0.2) is 0 Å². The zero-order valence-corrected chi connectivity index (χ0v) is 10.7. The van der Waals surface area contributed by atoms with Crippen LogP contribution in [0.25, 0.3) is 0 Å². The van der Waals surface area contributed by atoms with Gasteiger partial charge in [-0.2, -0.15) is 0 Å². The summed E-state index contributed by atoms with van der Waals surface area (Å²) in [5, 5.41) is 0. The highest BCUT2D eigenvalue weighted by Crippen LogP contribution is 2.18. The Bertz CT molecular complexity index is 453. The Hall–Kier alpha value is -1.17. The minimum absolute atomic E-state index is 0.0535. The smallest absolute Gasteiger partial charge is 0.257 e. The summed E-state index contributed by atoms with van der Waals surface area (Å²) < 4.78 is 0.619. The summed E-state index contributed by atoms with van der Waals surface area (Å²) in [7, 11) is 0. The largest absolute Gasteiger partial charge is 0.313 e. The molecular weight excluding hydrogens is 317 g/mol. The second-order valence-electron chi connectivity index (χ2n) is 3.51. The van der Waals surface area contributed by atoms with E-state index in [9.17, 15) is 9.59 Å². The number of carbonyl (C=O) groups excluding carboxylic acids is 2. The molecule has 1 aliphatic heterocycles. The Kier molecular flexibility index (Phi) is 3.38. The molecule has 1 aliphatic rings. The van der Waals surface area contributed by atoms with Gasteiger partial charge in [-0.05, 0) is 34.7 Å². The molecule has 0 N–H and O–H groups in total. The molecule has 4 heteroatoms. The van der Waals surface area contributed by atoms with Crippen LogP contribution in [-0.2, 0) is 4.79 Å². The number of ketones is 1. The Morgan fingerprint density at radius 2 is 1.94 bits per heavy atom. The molecule has 1 aromatic carbocycles. The molecule has 0 bridgehead atoms. The second kappa shape index (κ2) is 4.78. The number of hydrogen-bond acceptors (Lipinski definition) is 2. The third-order valence-corrected chi connectivity index (χ3v) is 3.28. The predicted octanol–water partition coefficient (Wildman–Crippen LogP) is 2.38. The Balaban J connectivity index is 2.21. The minimum atomic E-state index is -0.0535. The topological polar surface area (TPSA) is 37.4 Å². The molecule has 0 aliphatic carbocycles. The third-order valence-electron chi connectivity index (χ3n) is 2.40. The van der Waals surface area contributed by atoms with Crippen LogP contribution in [0, 0.1) is 0 Å². The lowest BCUT2D eigenvalue weighted by Crippen LogP contribution is -2.31. The Morgan fingerprint density at radius 1 is 1.25 bits per heavy atom. The lowest BCUT2D eigenvalue weighted by atomic mass is 10.1. The highest BCUT2D eigenvalue weighted by molar-refractivity contribution is 14.1. The summed E-state index contributed by atoms with van der Waals surface area (Å²) >= 11 is 1.97. The van der Waals surface area contributed by atoms with Gasteiger partial charge in [-0.3, -0.25) is 9.59 Å². The second-order valence-corrected chi connectivity index (χ2v) is 4.68. The summed E-state index contributed by atoms with van der Waals surface area (Å²) in [6, 6.07) is 9.09. The lowest BCUT2D eigenvalue weighted by molar-refractivity contribution is -0.115. The normalized spacial score (nSPS) is 15.9. The Morgan fingerprint density at radius 3 is 2.56 bits per heavy atom. The summed E-state index contributed by atoms with van der Waals surface area (Å²) in [5.41, 5.74) is 0.650. The first-order valence-electron chi connectivity index (χ1n) is 4.95. The van der Waals surface area contributed by atoms with Crippen LogP contribution in [0.15, 0.2) is 40.1 Å². The molecule has 2 rings (SSSR count). The fourth-order valence-electron chi connectivity index (χ4n) is 1.52. The van der Waals surface area contributed by atoms with E-state index in [1.165, 1.54) is 0 Å².